The van der Waals surface area contributed by atoms with Crippen LogP contribution >= 0.6 is 11.8 Å². The Morgan fingerprint density at radius 3 is 2.80 bits per heavy atom. The van der Waals surface area contributed by atoms with Gasteiger partial charge in [-0.1, -0.05) is 18.2 Å². The molecule has 2 heterocycles. The zero-order chi connectivity index (χ0) is 10.5. The predicted octanol–water partition coefficient (Wildman–Crippen LogP) is 1.39. The Kier molecular flexibility index (Phi) is 4.02. The number of thioether (sulfide) groups is 1. The lowest BCUT2D eigenvalue weighted by Gasteiger charge is -2.25. The minimum atomic E-state index is 1.02. The summed E-state index contributed by atoms with van der Waals surface area (Å²) in [7, 11) is 1.99. The molecule has 1 aromatic rings. The second-order valence-electron chi connectivity index (χ2n) is 3.98. The van der Waals surface area contributed by atoms with Crippen molar-refractivity contribution in [1.29, 1.82) is 0 Å². The summed E-state index contributed by atoms with van der Waals surface area (Å²) < 4.78 is 1.97. The third kappa shape index (κ3) is 3.21. The lowest BCUT2D eigenvalue weighted by Crippen LogP contribution is -2.31. The molecule has 15 heavy (non-hydrogen) atoms. The highest BCUT2D eigenvalue weighted by molar-refractivity contribution is 7.99. The fourth-order valence-corrected chi connectivity index (χ4v) is 2.74. The fourth-order valence-electron chi connectivity index (χ4n) is 1.85. The van der Waals surface area contributed by atoms with Gasteiger partial charge >= 0.3 is 0 Å². The number of hydrogen-bond acceptors (Lipinski definition) is 4. The first-order valence-electron chi connectivity index (χ1n) is 5.55. The van der Waals surface area contributed by atoms with E-state index in [1.165, 1.54) is 38.9 Å². The van der Waals surface area contributed by atoms with Crippen LogP contribution in [0.3, 0.4) is 0 Å². The number of piperidine rings is 1. The summed E-state index contributed by atoms with van der Waals surface area (Å²) in [6.45, 7) is 3.73. The summed E-state index contributed by atoms with van der Waals surface area (Å²) in [5, 5.41) is 8.94. The molecule has 0 saturated carbocycles. The summed E-state index contributed by atoms with van der Waals surface area (Å²) in [4.78, 5) is 2.55. The molecule has 0 radical (unpaired) electrons. The normalized spacial score (nSPS) is 18.2. The number of aryl methyl sites for hydroxylation is 1. The van der Waals surface area contributed by atoms with E-state index in [4.69, 9.17) is 0 Å². The first-order chi connectivity index (χ1) is 7.36. The van der Waals surface area contributed by atoms with Gasteiger partial charge in [0.1, 0.15) is 6.33 Å². The molecule has 0 spiro atoms. The molecule has 0 aromatic carbocycles. The molecule has 5 heteroatoms. The fraction of sp³-hybridized carbons (Fsp3) is 0.800. The van der Waals surface area contributed by atoms with Crippen LogP contribution in [0.4, 0.5) is 0 Å². The molecule has 1 saturated heterocycles. The first-order valence-corrected chi connectivity index (χ1v) is 6.54. The quantitative estimate of drug-likeness (QED) is 0.727. The maximum atomic E-state index is 4.06. The summed E-state index contributed by atoms with van der Waals surface area (Å²) in [5.74, 6) is 1.12. The minimum Gasteiger partial charge on any atom is -0.312 e. The van der Waals surface area contributed by atoms with Gasteiger partial charge in [-0.05, 0) is 25.9 Å². The molecule has 0 atom stereocenters. The van der Waals surface area contributed by atoms with Crippen LogP contribution in [0.1, 0.15) is 19.3 Å². The van der Waals surface area contributed by atoms with Gasteiger partial charge in [0, 0.05) is 19.3 Å². The Hall–Kier alpha value is -0.550. The van der Waals surface area contributed by atoms with Crippen molar-refractivity contribution in [2.45, 2.75) is 24.4 Å². The van der Waals surface area contributed by atoms with Crippen molar-refractivity contribution >= 4 is 11.8 Å². The van der Waals surface area contributed by atoms with Crippen LogP contribution in [0.25, 0.3) is 0 Å². The van der Waals surface area contributed by atoms with Gasteiger partial charge in [-0.15, -0.1) is 10.2 Å². The van der Waals surface area contributed by atoms with Crippen LogP contribution in [-0.2, 0) is 7.05 Å². The highest BCUT2D eigenvalue weighted by Crippen LogP contribution is 2.15. The van der Waals surface area contributed by atoms with Gasteiger partial charge in [-0.2, -0.15) is 0 Å². The Labute approximate surface area is 95.1 Å². The van der Waals surface area contributed by atoms with Crippen LogP contribution in [-0.4, -0.2) is 45.1 Å². The Morgan fingerprint density at radius 2 is 2.13 bits per heavy atom. The lowest BCUT2D eigenvalue weighted by atomic mass is 10.1. The van der Waals surface area contributed by atoms with Gasteiger partial charge in [0.05, 0.1) is 0 Å². The third-order valence-electron chi connectivity index (χ3n) is 2.76. The average molecular weight is 226 g/mol. The SMILES string of the molecule is Cn1cnnc1SCCN1CCCCC1. The van der Waals surface area contributed by atoms with Gasteiger partial charge in [0.2, 0.25) is 0 Å². The van der Waals surface area contributed by atoms with Gasteiger partial charge in [0.25, 0.3) is 0 Å². The molecule has 1 fully saturated rings. The summed E-state index contributed by atoms with van der Waals surface area (Å²) in [6, 6.07) is 0. The minimum absolute atomic E-state index is 1.02. The van der Waals surface area contributed by atoms with Crippen molar-refractivity contribution in [3.8, 4) is 0 Å². The van der Waals surface area contributed by atoms with Crippen molar-refractivity contribution in [3.05, 3.63) is 6.33 Å². The van der Waals surface area contributed by atoms with E-state index in [0.29, 0.717) is 0 Å². The first kappa shape index (κ1) is 11.0. The Bertz CT molecular complexity index is 293. The molecule has 0 bridgehead atoms. The van der Waals surface area contributed by atoms with Gasteiger partial charge in [0.15, 0.2) is 5.16 Å². The molecule has 0 amide bonds. The van der Waals surface area contributed by atoms with Crippen molar-refractivity contribution in [2.75, 3.05) is 25.4 Å². The molecular weight excluding hydrogens is 208 g/mol. The molecule has 0 unspecified atom stereocenters. The second-order valence-corrected chi connectivity index (χ2v) is 5.04. The molecule has 2 rings (SSSR count). The van der Waals surface area contributed by atoms with E-state index in [0.717, 1.165) is 10.9 Å². The van der Waals surface area contributed by atoms with Crippen LogP contribution in [0.15, 0.2) is 11.5 Å². The molecule has 4 nitrogen and oxygen atoms in total. The standard InChI is InChI=1S/C10H18N4S/c1-13-9-11-12-10(13)15-8-7-14-5-3-2-4-6-14/h9H,2-8H2,1H3. The van der Waals surface area contributed by atoms with Crippen LogP contribution < -0.4 is 0 Å². The highest BCUT2D eigenvalue weighted by atomic mass is 32.2. The van der Waals surface area contributed by atoms with Crippen molar-refractivity contribution in [2.24, 2.45) is 7.05 Å². The Morgan fingerprint density at radius 1 is 1.33 bits per heavy atom. The molecule has 0 aliphatic carbocycles. The van der Waals surface area contributed by atoms with Gasteiger partial charge < -0.3 is 9.47 Å². The average Bonchev–Trinajstić information content (AvgIpc) is 2.66. The molecule has 1 aliphatic rings. The van der Waals surface area contributed by atoms with E-state index in [-0.39, 0.29) is 0 Å². The predicted molar refractivity (Wildman–Crippen MR) is 62.0 cm³/mol. The van der Waals surface area contributed by atoms with E-state index in [1.54, 1.807) is 18.1 Å². The maximum Gasteiger partial charge on any atom is 0.190 e. The van der Waals surface area contributed by atoms with Crippen LogP contribution in [0.5, 0.6) is 0 Å². The smallest absolute Gasteiger partial charge is 0.190 e. The zero-order valence-electron chi connectivity index (χ0n) is 9.22. The molecule has 84 valence electrons. The van der Waals surface area contributed by atoms with Gasteiger partial charge in [-0.25, -0.2) is 0 Å². The van der Waals surface area contributed by atoms with E-state index in [1.807, 2.05) is 11.6 Å². The zero-order valence-corrected chi connectivity index (χ0v) is 10.0. The summed E-state index contributed by atoms with van der Waals surface area (Å²) in [5.41, 5.74) is 0. The molecule has 0 N–H and O–H groups in total. The van der Waals surface area contributed by atoms with Gasteiger partial charge in [-0.3, -0.25) is 0 Å². The maximum absolute atomic E-state index is 4.06. The van der Waals surface area contributed by atoms with Crippen LogP contribution in [0.2, 0.25) is 0 Å². The van der Waals surface area contributed by atoms with Crippen LogP contribution in [0, 0.1) is 0 Å². The van der Waals surface area contributed by atoms with E-state index in [9.17, 15) is 0 Å². The molecular formula is C10H18N4S. The second kappa shape index (κ2) is 5.51. The molecule has 1 aliphatic heterocycles. The number of rotatable bonds is 4. The molecule has 1 aromatic heterocycles. The van der Waals surface area contributed by atoms with E-state index >= 15 is 0 Å². The number of hydrogen-bond donors (Lipinski definition) is 0. The van der Waals surface area contributed by atoms with Crippen molar-refractivity contribution < 1.29 is 0 Å². The highest BCUT2D eigenvalue weighted by Gasteiger charge is 2.10. The lowest BCUT2D eigenvalue weighted by molar-refractivity contribution is 0.242. The van der Waals surface area contributed by atoms with Crippen molar-refractivity contribution in [1.82, 2.24) is 19.7 Å². The number of likely N-dealkylation sites (tertiary alicyclic amines) is 1. The number of aromatic nitrogens is 3. The number of nitrogens with zero attached hydrogens (tertiary/aromatic N) is 4. The third-order valence-corrected chi connectivity index (χ3v) is 3.77. The summed E-state index contributed by atoms with van der Waals surface area (Å²) >= 11 is 1.80. The largest absolute Gasteiger partial charge is 0.312 e. The Balaban J connectivity index is 1.68. The monoisotopic (exact) mass is 226 g/mol. The topological polar surface area (TPSA) is 34.0 Å². The van der Waals surface area contributed by atoms with Crippen molar-refractivity contribution in [3.63, 3.8) is 0 Å². The van der Waals surface area contributed by atoms with E-state index in [2.05, 4.69) is 15.1 Å². The summed E-state index contributed by atoms with van der Waals surface area (Å²) in [6.07, 6.45) is 5.90. The van der Waals surface area contributed by atoms with E-state index < -0.39 is 0 Å².